The molecule has 2 atom stereocenters. The quantitative estimate of drug-likeness (QED) is 0.679. The molecule has 0 aliphatic carbocycles. The van der Waals surface area contributed by atoms with E-state index in [1.165, 1.54) is 11.8 Å². The zero-order valence-electron chi connectivity index (χ0n) is 16.9. The number of carbonyl (C=O) groups excluding carboxylic acids is 1. The lowest BCUT2D eigenvalue weighted by molar-refractivity contribution is -0.113. The van der Waals surface area contributed by atoms with E-state index < -0.39 is 9.84 Å². The number of nitrogens with one attached hydrogen (secondary N) is 1. The van der Waals surface area contributed by atoms with Crippen LogP contribution in [0.5, 0.6) is 0 Å². The Hall–Kier alpha value is -1.74. The number of benzene rings is 2. The fraction of sp³-hybridized carbons (Fsp3) is 0.333. The summed E-state index contributed by atoms with van der Waals surface area (Å²) >= 11 is 13.6. The Bertz CT molecular complexity index is 1160. The maximum atomic E-state index is 12.6. The highest BCUT2D eigenvalue weighted by molar-refractivity contribution is 8.14. The summed E-state index contributed by atoms with van der Waals surface area (Å²) in [7, 11) is -3.17. The van der Waals surface area contributed by atoms with Gasteiger partial charge in [0.1, 0.15) is 0 Å². The smallest absolute Gasteiger partial charge is 0.234 e. The molecule has 2 heterocycles. The van der Waals surface area contributed by atoms with E-state index in [9.17, 15) is 13.2 Å². The number of hydrogen-bond acceptors (Lipinski definition) is 6. The van der Waals surface area contributed by atoms with Crippen molar-refractivity contribution in [3.05, 3.63) is 57.6 Å². The molecule has 0 radical (unpaired) electrons. The second-order valence-electron chi connectivity index (χ2n) is 7.78. The van der Waals surface area contributed by atoms with Crippen molar-refractivity contribution in [2.75, 3.05) is 27.5 Å². The van der Waals surface area contributed by atoms with Crippen molar-refractivity contribution >= 4 is 67.3 Å². The van der Waals surface area contributed by atoms with Gasteiger partial charge in [-0.1, -0.05) is 47.1 Å². The first-order valence-corrected chi connectivity index (χ1v) is 13.2. The van der Waals surface area contributed by atoms with Crippen LogP contribution in [0.25, 0.3) is 0 Å². The molecule has 0 bridgehead atoms. The van der Waals surface area contributed by atoms with E-state index in [4.69, 9.17) is 23.2 Å². The topological polar surface area (TPSA) is 78.8 Å². The van der Waals surface area contributed by atoms with E-state index in [0.717, 1.165) is 16.8 Å². The minimum atomic E-state index is -3.17. The number of rotatable bonds is 4. The van der Waals surface area contributed by atoms with E-state index in [1.807, 2.05) is 36.9 Å². The van der Waals surface area contributed by atoms with Gasteiger partial charge in [0.05, 0.1) is 29.3 Å². The highest BCUT2D eigenvalue weighted by Gasteiger charge is 2.47. The van der Waals surface area contributed by atoms with Crippen LogP contribution in [0.2, 0.25) is 10.0 Å². The summed E-state index contributed by atoms with van der Waals surface area (Å²) in [5.74, 6) is -0.00999. The molecule has 31 heavy (non-hydrogen) atoms. The Labute approximate surface area is 195 Å². The maximum Gasteiger partial charge on any atom is 0.234 e. The van der Waals surface area contributed by atoms with Gasteiger partial charge in [0, 0.05) is 21.4 Å². The van der Waals surface area contributed by atoms with E-state index in [2.05, 4.69) is 10.3 Å². The number of nitrogens with zero attached hydrogens (tertiary/aromatic N) is 2. The number of fused-ring (bicyclic) bond motifs is 1. The van der Waals surface area contributed by atoms with Crippen molar-refractivity contribution in [2.45, 2.75) is 25.9 Å². The van der Waals surface area contributed by atoms with Crippen LogP contribution in [-0.2, 0) is 14.6 Å². The van der Waals surface area contributed by atoms with Crippen molar-refractivity contribution in [1.29, 1.82) is 0 Å². The number of hydrogen-bond donors (Lipinski definition) is 1. The standard InChI is InChI=1S/C21H21Cl2N3O3S2/c1-12-3-4-13(2)17(5-12)24-20(27)9-30-21-25-18-10-31(28,29)11-19(18)26(21)16-7-14(22)6-15(23)8-16/h3-8,18-19H,9-11H2,1-2H3,(H,24,27). The first-order valence-electron chi connectivity index (χ1n) is 9.65. The SMILES string of the molecule is Cc1ccc(C)c(NC(=O)CSC2=NC3CS(=O)(=O)CC3N2c2cc(Cl)cc(Cl)c2)c1. The number of sulfone groups is 1. The van der Waals surface area contributed by atoms with Gasteiger partial charge in [0.25, 0.3) is 0 Å². The normalized spacial score (nSPS) is 21.7. The molecule has 1 N–H and O–H groups in total. The van der Waals surface area contributed by atoms with Crippen LogP contribution in [0.1, 0.15) is 11.1 Å². The lowest BCUT2D eigenvalue weighted by Crippen LogP contribution is -2.39. The summed E-state index contributed by atoms with van der Waals surface area (Å²) in [5.41, 5.74) is 3.49. The monoisotopic (exact) mass is 497 g/mol. The van der Waals surface area contributed by atoms with E-state index in [-0.39, 0.29) is 35.2 Å². The summed E-state index contributed by atoms with van der Waals surface area (Å²) < 4.78 is 24.3. The van der Waals surface area contributed by atoms with Crippen LogP contribution in [-0.4, -0.2) is 48.8 Å². The maximum absolute atomic E-state index is 12.6. The van der Waals surface area contributed by atoms with Crippen LogP contribution in [0.15, 0.2) is 41.4 Å². The number of carbonyl (C=O) groups is 1. The third-order valence-electron chi connectivity index (χ3n) is 5.23. The number of amidine groups is 1. The third kappa shape index (κ3) is 5.03. The van der Waals surface area contributed by atoms with Crippen LogP contribution in [0, 0.1) is 13.8 Å². The van der Waals surface area contributed by atoms with Crippen molar-refractivity contribution in [2.24, 2.45) is 4.99 Å². The number of aliphatic imine (C=N–C) groups is 1. The number of amides is 1. The van der Waals surface area contributed by atoms with Gasteiger partial charge in [-0.15, -0.1) is 0 Å². The molecular formula is C21H21Cl2N3O3S2. The number of thioether (sulfide) groups is 1. The molecule has 4 rings (SSSR count). The van der Waals surface area contributed by atoms with Crippen molar-refractivity contribution in [3.8, 4) is 0 Å². The largest absolute Gasteiger partial charge is 0.325 e. The molecule has 2 unspecified atom stereocenters. The molecule has 2 aromatic carbocycles. The summed E-state index contributed by atoms with van der Waals surface area (Å²) in [6.07, 6.45) is 0. The lowest BCUT2D eigenvalue weighted by atomic mass is 10.1. The fourth-order valence-corrected chi connectivity index (χ4v) is 7.08. The van der Waals surface area contributed by atoms with E-state index in [0.29, 0.717) is 20.9 Å². The Morgan fingerprint density at radius 3 is 2.58 bits per heavy atom. The molecule has 2 aromatic rings. The van der Waals surface area contributed by atoms with E-state index >= 15 is 0 Å². The molecule has 164 valence electrons. The Balaban J connectivity index is 1.54. The predicted octanol–water partition coefficient (Wildman–Crippen LogP) is 4.32. The van der Waals surface area contributed by atoms with E-state index in [1.54, 1.807) is 18.2 Å². The summed E-state index contributed by atoms with van der Waals surface area (Å²) in [6.45, 7) is 3.91. The van der Waals surface area contributed by atoms with Crippen LogP contribution >= 0.6 is 35.0 Å². The van der Waals surface area contributed by atoms with Crippen molar-refractivity contribution < 1.29 is 13.2 Å². The van der Waals surface area contributed by atoms with Gasteiger partial charge in [0.15, 0.2) is 15.0 Å². The molecule has 2 aliphatic rings. The number of halogens is 2. The van der Waals surface area contributed by atoms with Gasteiger partial charge >= 0.3 is 0 Å². The molecule has 10 heteroatoms. The second kappa shape index (κ2) is 8.65. The third-order valence-corrected chi connectivity index (χ3v) is 8.33. The highest BCUT2D eigenvalue weighted by atomic mass is 35.5. The molecule has 0 spiro atoms. The van der Waals surface area contributed by atoms with Gasteiger partial charge in [-0.25, -0.2) is 8.42 Å². The Morgan fingerprint density at radius 1 is 1.16 bits per heavy atom. The second-order valence-corrected chi connectivity index (χ2v) is 11.7. The summed E-state index contributed by atoms with van der Waals surface area (Å²) in [4.78, 5) is 19.1. The van der Waals surface area contributed by atoms with Gasteiger partial charge < -0.3 is 10.2 Å². The zero-order valence-corrected chi connectivity index (χ0v) is 20.1. The predicted molar refractivity (Wildman–Crippen MR) is 130 cm³/mol. The average molecular weight is 498 g/mol. The highest BCUT2D eigenvalue weighted by Crippen LogP contribution is 2.37. The minimum Gasteiger partial charge on any atom is -0.325 e. The van der Waals surface area contributed by atoms with Crippen molar-refractivity contribution in [1.82, 2.24) is 0 Å². The molecule has 1 fully saturated rings. The average Bonchev–Trinajstić information content (AvgIpc) is 3.13. The minimum absolute atomic E-state index is 0.00120. The van der Waals surface area contributed by atoms with Crippen LogP contribution in [0.4, 0.5) is 11.4 Å². The fourth-order valence-electron chi connectivity index (χ4n) is 3.80. The summed E-state index contributed by atoms with van der Waals surface area (Å²) in [6, 6.07) is 10.3. The molecule has 1 amide bonds. The molecule has 1 saturated heterocycles. The van der Waals surface area contributed by atoms with Crippen molar-refractivity contribution in [3.63, 3.8) is 0 Å². The van der Waals surface area contributed by atoms with Gasteiger partial charge in [-0.05, 0) is 49.2 Å². The van der Waals surface area contributed by atoms with Gasteiger partial charge in [-0.3, -0.25) is 9.79 Å². The molecule has 0 saturated carbocycles. The molecule has 6 nitrogen and oxygen atoms in total. The Morgan fingerprint density at radius 2 is 1.87 bits per heavy atom. The molecular weight excluding hydrogens is 477 g/mol. The first kappa shape index (κ1) is 22.5. The lowest BCUT2D eigenvalue weighted by Gasteiger charge is -2.26. The zero-order chi connectivity index (χ0) is 22.3. The van der Waals surface area contributed by atoms with Crippen LogP contribution in [0.3, 0.4) is 0 Å². The van der Waals surface area contributed by atoms with Gasteiger partial charge in [0.2, 0.25) is 5.91 Å². The summed E-state index contributed by atoms with van der Waals surface area (Å²) in [5, 5.41) is 4.43. The van der Waals surface area contributed by atoms with Gasteiger partial charge in [-0.2, -0.15) is 0 Å². The molecule has 0 aromatic heterocycles. The van der Waals surface area contributed by atoms with Crippen LogP contribution < -0.4 is 10.2 Å². The first-order chi connectivity index (χ1) is 14.6. The number of anilines is 2. The number of aryl methyl sites for hydroxylation is 2. The molecule has 2 aliphatic heterocycles. The Kier molecular flexibility index (Phi) is 6.27.